The summed E-state index contributed by atoms with van der Waals surface area (Å²) in [5, 5.41) is 0. The topological polar surface area (TPSA) is 73.9 Å². The lowest BCUT2D eigenvalue weighted by atomic mass is 10.1. The molecule has 0 fully saturated rings. The molecular formula is C19H25NO5S. The van der Waals surface area contributed by atoms with Gasteiger partial charge in [0.15, 0.2) is 11.5 Å². The first-order valence-electron chi connectivity index (χ1n) is 8.43. The minimum Gasteiger partial charge on any atom is -0.493 e. The third-order valence-electron chi connectivity index (χ3n) is 3.79. The molecule has 142 valence electrons. The van der Waals surface area contributed by atoms with Crippen molar-refractivity contribution >= 4 is 10.0 Å². The van der Waals surface area contributed by atoms with Crippen LogP contribution >= 0.6 is 0 Å². The molecule has 0 aliphatic rings. The normalized spacial score (nSPS) is 11.2. The van der Waals surface area contributed by atoms with Gasteiger partial charge in [0.1, 0.15) is 12.4 Å². The minimum absolute atomic E-state index is 0.110. The van der Waals surface area contributed by atoms with Gasteiger partial charge in [-0.3, -0.25) is 0 Å². The second kappa shape index (κ2) is 9.45. The Labute approximate surface area is 155 Å². The number of nitrogens with one attached hydrogen (secondary N) is 1. The van der Waals surface area contributed by atoms with Gasteiger partial charge in [0, 0.05) is 12.6 Å². The van der Waals surface area contributed by atoms with Gasteiger partial charge in [-0.15, -0.1) is 0 Å². The fraction of sp³-hybridized carbons (Fsp3) is 0.368. The molecular weight excluding hydrogens is 354 g/mol. The van der Waals surface area contributed by atoms with E-state index >= 15 is 0 Å². The molecule has 0 unspecified atom stereocenters. The Hall–Kier alpha value is -2.25. The molecule has 0 aromatic heterocycles. The average molecular weight is 379 g/mol. The van der Waals surface area contributed by atoms with Crippen LogP contribution in [0.1, 0.15) is 18.9 Å². The highest BCUT2D eigenvalue weighted by atomic mass is 32.2. The largest absolute Gasteiger partial charge is 0.493 e. The maximum atomic E-state index is 12.4. The van der Waals surface area contributed by atoms with Crippen molar-refractivity contribution in [3.05, 3.63) is 48.0 Å². The molecule has 0 bridgehead atoms. The first kappa shape index (κ1) is 20.1. The quantitative estimate of drug-likeness (QED) is 0.643. The maximum Gasteiger partial charge on any atom is 0.240 e. The van der Waals surface area contributed by atoms with Crippen LogP contribution in [0.2, 0.25) is 0 Å². The zero-order valence-electron chi connectivity index (χ0n) is 15.3. The van der Waals surface area contributed by atoms with Crippen LogP contribution < -0.4 is 18.9 Å². The number of ether oxygens (including phenoxy) is 3. The second-order valence-corrected chi connectivity index (χ2v) is 7.42. The highest BCUT2D eigenvalue weighted by Crippen LogP contribution is 2.29. The number of aryl methyl sites for hydroxylation is 1. The third-order valence-corrected chi connectivity index (χ3v) is 5.25. The lowest BCUT2D eigenvalue weighted by Crippen LogP contribution is -2.28. The van der Waals surface area contributed by atoms with Crippen molar-refractivity contribution in [1.82, 2.24) is 4.72 Å². The maximum absolute atomic E-state index is 12.4. The molecule has 0 saturated carbocycles. The summed E-state index contributed by atoms with van der Waals surface area (Å²) >= 11 is 0. The molecule has 0 radical (unpaired) electrons. The van der Waals surface area contributed by atoms with E-state index in [0.29, 0.717) is 11.5 Å². The number of hydrogen-bond donors (Lipinski definition) is 1. The highest BCUT2D eigenvalue weighted by Gasteiger charge is 2.16. The lowest BCUT2D eigenvalue weighted by Gasteiger charge is -2.11. The van der Waals surface area contributed by atoms with Crippen molar-refractivity contribution in [3.63, 3.8) is 0 Å². The molecule has 0 saturated heterocycles. The van der Waals surface area contributed by atoms with Crippen LogP contribution in [-0.4, -0.2) is 35.8 Å². The number of hydrogen-bond acceptors (Lipinski definition) is 5. The standard InChI is InChI=1S/C19H25NO5S/c1-4-5-15-6-8-16(9-7-15)25-13-12-20-26(21,22)17-10-11-18(23-2)19(14-17)24-3/h6-11,14,20H,4-5,12-13H2,1-3H3. The van der Waals surface area contributed by atoms with Gasteiger partial charge in [-0.25, -0.2) is 13.1 Å². The van der Waals surface area contributed by atoms with Gasteiger partial charge < -0.3 is 14.2 Å². The Morgan fingerprint density at radius 1 is 0.962 bits per heavy atom. The zero-order valence-corrected chi connectivity index (χ0v) is 16.1. The van der Waals surface area contributed by atoms with Crippen molar-refractivity contribution in [3.8, 4) is 17.2 Å². The van der Waals surface area contributed by atoms with Gasteiger partial charge in [0.25, 0.3) is 0 Å². The van der Waals surface area contributed by atoms with Crippen LogP contribution in [-0.2, 0) is 16.4 Å². The molecule has 6 nitrogen and oxygen atoms in total. The Kier molecular flexibility index (Phi) is 7.29. The Balaban J connectivity index is 1.90. The van der Waals surface area contributed by atoms with Crippen molar-refractivity contribution in [2.24, 2.45) is 0 Å². The first-order chi connectivity index (χ1) is 12.5. The summed E-state index contributed by atoms with van der Waals surface area (Å²) in [7, 11) is -0.696. The molecule has 2 aromatic carbocycles. The Morgan fingerprint density at radius 2 is 1.65 bits per heavy atom. The van der Waals surface area contributed by atoms with E-state index in [-0.39, 0.29) is 18.0 Å². The van der Waals surface area contributed by atoms with Crippen molar-refractivity contribution < 1.29 is 22.6 Å². The molecule has 7 heteroatoms. The summed E-state index contributed by atoms with van der Waals surface area (Å²) < 4.78 is 43.1. The molecule has 0 aliphatic carbocycles. The monoisotopic (exact) mass is 379 g/mol. The van der Waals surface area contributed by atoms with Crippen molar-refractivity contribution in [2.75, 3.05) is 27.4 Å². The molecule has 0 aliphatic heterocycles. The highest BCUT2D eigenvalue weighted by molar-refractivity contribution is 7.89. The zero-order chi connectivity index (χ0) is 19.0. The summed E-state index contributed by atoms with van der Waals surface area (Å²) in [5.74, 6) is 1.55. The smallest absolute Gasteiger partial charge is 0.240 e. The lowest BCUT2D eigenvalue weighted by molar-refractivity contribution is 0.322. The summed E-state index contributed by atoms with van der Waals surface area (Å²) in [5.41, 5.74) is 1.26. The van der Waals surface area contributed by atoms with Crippen LogP contribution in [0.3, 0.4) is 0 Å². The first-order valence-corrected chi connectivity index (χ1v) is 9.92. The van der Waals surface area contributed by atoms with Gasteiger partial charge >= 0.3 is 0 Å². The molecule has 2 aromatic rings. The molecule has 0 amide bonds. The molecule has 1 N–H and O–H groups in total. The van der Waals surface area contributed by atoms with Crippen molar-refractivity contribution in [1.29, 1.82) is 0 Å². The van der Waals surface area contributed by atoms with E-state index in [0.717, 1.165) is 18.6 Å². The van der Waals surface area contributed by atoms with Gasteiger partial charge in [-0.1, -0.05) is 25.5 Å². The molecule has 0 atom stereocenters. The molecule has 0 spiro atoms. The number of sulfonamides is 1. The van der Waals surface area contributed by atoms with E-state index in [1.54, 1.807) is 6.07 Å². The van der Waals surface area contributed by atoms with Gasteiger partial charge in [0.05, 0.1) is 19.1 Å². The number of benzene rings is 2. The second-order valence-electron chi connectivity index (χ2n) is 5.66. The predicted octanol–water partition coefficient (Wildman–Crippen LogP) is 3.01. The average Bonchev–Trinajstić information content (AvgIpc) is 2.66. The SMILES string of the molecule is CCCc1ccc(OCCNS(=O)(=O)c2ccc(OC)c(OC)c2)cc1. The van der Waals surface area contributed by atoms with E-state index in [4.69, 9.17) is 14.2 Å². The summed E-state index contributed by atoms with van der Waals surface area (Å²) in [6.45, 7) is 2.53. The molecule has 2 rings (SSSR count). The van der Waals surface area contributed by atoms with Gasteiger partial charge in [-0.2, -0.15) is 0 Å². The summed E-state index contributed by atoms with van der Waals surface area (Å²) in [4.78, 5) is 0.110. The van der Waals surface area contributed by atoms with E-state index in [1.165, 1.54) is 31.9 Å². The molecule has 26 heavy (non-hydrogen) atoms. The minimum atomic E-state index is -3.65. The van der Waals surface area contributed by atoms with Gasteiger partial charge in [0.2, 0.25) is 10.0 Å². The summed E-state index contributed by atoms with van der Waals surface area (Å²) in [6.07, 6.45) is 2.13. The van der Waals surface area contributed by atoms with Crippen LogP contribution in [0.4, 0.5) is 0 Å². The van der Waals surface area contributed by atoms with E-state index in [9.17, 15) is 8.42 Å². The third kappa shape index (κ3) is 5.37. The van der Waals surface area contributed by atoms with Crippen LogP contribution in [0.5, 0.6) is 17.2 Å². The number of methoxy groups -OCH3 is 2. The van der Waals surface area contributed by atoms with Gasteiger partial charge in [-0.05, 0) is 36.2 Å². The van der Waals surface area contributed by atoms with Crippen molar-refractivity contribution in [2.45, 2.75) is 24.7 Å². The predicted molar refractivity (Wildman–Crippen MR) is 101 cm³/mol. The fourth-order valence-electron chi connectivity index (χ4n) is 2.45. The van der Waals surface area contributed by atoms with Crippen LogP contribution in [0, 0.1) is 0 Å². The summed E-state index contributed by atoms with van der Waals surface area (Å²) in [6, 6.07) is 12.3. The Bertz CT molecular complexity index is 803. The molecule has 0 heterocycles. The van der Waals surface area contributed by atoms with E-state index in [1.807, 2.05) is 24.3 Å². The van der Waals surface area contributed by atoms with Crippen LogP contribution in [0.25, 0.3) is 0 Å². The fourth-order valence-corrected chi connectivity index (χ4v) is 3.48. The van der Waals surface area contributed by atoms with E-state index < -0.39 is 10.0 Å². The number of rotatable bonds is 10. The van der Waals surface area contributed by atoms with Crippen LogP contribution in [0.15, 0.2) is 47.4 Å². The van der Waals surface area contributed by atoms with E-state index in [2.05, 4.69) is 11.6 Å². The Morgan fingerprint density at radius 3 is 2.27 bits per heavy atom.